The number of nitrogens with zero attached hydrogens (tertiary/aromatic N) is 1. The van der Waals surface area contributed by atoms with Crippen LogP contribution >= 0.6 is 11.3 Å². The molecule has 0 saturated heterocycles. The maximum atomic E-state index is 13.7. The first-order chi connectivity index (χ1) is 10.2. The molecule has 0 spiro atoms. The SMILES string of the molecule is CCC1c2ccsc2CCN1C(=O)Nc1ccccc1F. The predicted molar refractivity (Wildman–Crippen MR) is 83.2 cm³/mol. The van der Waals surface area contributed by atoms with E-state index in [1.54, 1.807) is 29.5 Å². The number of rotatable bonds is 2. The summed E-state index contributed by atoms with van der Waals surface area (Å²) in [6, 6.07) is 8.18. The van der Waals surface area contributed by atoms with Crippen molar-refractivity contribution in [3.05, 3.63) is 52.0 Å². The van der Waals surface area contributed by atoms with Crippen molar-refractivity contribution < 1.29 is 9.18 Å². The van der Waals surface area contributed by atoms with E-state index in [1.165, 1.54) is 16.5 Å². The molecular weight excluding hydrogens is 287 g/mol. The van der Waals surface area contributed by atoms with Crippen LogP contribution in [0.2, 0.25) is 0 Å². The fourth-order valence-electron chi connectivity index (χ4n) is 2.83. The molecule has 1 aliphatic rings. The van der Waals surface area contributed by atoms with Crippen LogP contribution in [0.5, 0.6) is 0 Å². The Hall–Kier alpha value is -1.88. The number of carbonyl (C=O) groups excluding carboxylic acids is 1. The second kappa shape index (κ2) is 5.85. The molecule has 2 heterocycles. The quantitative estimate of drug-likeness (QED) is 0.874. The van der Waals surface area contributed by atoms with Gasteiger partial charge in [-0.2, -0.15) is 0 Å². The van der Waals surface area contributed by atoms with Gasteiger partial charge in [0.05, 0.1) is 11.7 Å². The minimum atomic E-state index is -0.410. The number of carbonyl (C=O) groups is 1. The summed E-state index contributed by atoms with van der Waals surface area (Å²) in [4.78, 5) is 15.6. The molecule has 1 atom stereocenters. The number of thiophene rings is 1. The van der Waals surface area contributed by atoms with Gasteiger partial charge in [-0.05, 0) is 42.0 Å². The van der Waals surface area contributed by atoms with Gasteiger partial charge in [0.1, 0.15) is 5.82 Å². The number of halogens is 1. The Kier molecular flexibility index (Phi) is 3.92. The molecular formula is C16H17FN2OS. The fraction of sp³-hybridized carbons (Fsp3) is 0.312. The van der Waals surface area contributed by atoms with E-state index >= 15 is 0 Å². The van der Waals surface area contributed by atoms with Crippen molar-refractivity contribution in [1.82, 2.24) is 4.90 Å². The summed E-state index contributed by atoms with van der Waals surface area (Å²) in [5, 5.41) is 4.76. The smallest absolute Gasteiger partial charge is 0.317 e. The molecule has 2 aromatic rings. The number of hydrogen-bond acceptors (Lipinski definition) is 2. The highest BCUT2D eigenvalue weighted by atomic mass is 32.1. The van der Waals surface area contributed by atoms with Gasteiger partial charge in [-0.25, -0.2) is 9.18 Å². The molecule has 0 radical (unpaired) electrons. The Labute approximate surface area is 127 Å². The number of hydrogen-bond donors (Lipinski definition) is 1. The van der Waals surface area contributed by atoms with Crippen LogP contribution in [-0.4, -0.2) is 17.5 Å². The Bertz CT molecular complexity index is 655. The number of amides is 2. The third-order valence-corrected chi connectivity index (χ3v) is 4.85. The molecule has 1 aromatic carbocycles. The molecule has 3 nitrogen and oxygen atoms in total. The molecule has 2 amide bonds. The van der Waals surface area contributed by atoms with Crippen LogP contribution in [0.1, 0.15) is 29.8 Å². The summed E-state index contributed by atoms with van der Waals surface area (Å²) in [7, 11) is 0. The van der Waals surface area contributed by atoms with E-state index in [9.17, 15) is 9.18 Å². The lowest BCUT2D eigenvalue weighted by Crippen LogP contribution is -2.42. The monoisotopic (exact) mass is 304 g/mol. The standard InChI is InChI=1S/C16H17FN2OS/c1-2-14-11-8-10-21-15(11)7-9-19(14)16(20)18-13-6-4-3-5-12(13)17/h3-6,8,10,14H,2,7,9H2,1H3,(H,18,20). The maximum Gasteiger partial charge on any atom is 0.322 e. The van der Waals surface area contributed by atoms with Gasteiger partial charge < -0.3 is 10.2 Å². The van der Waals surface area contributed by atoms with Gasteiger partial charge >= 0.3 is 6.03 Å². The number of benzene rings is 1. The van der Waals surface area contributed by atoms with E-state index < -0.39 is 5.82 Å². The fourth-order valence-corrected chi connectivity index (χ4v) is 3.76. The van der Waals surface area contributed by atoms with Crippen LogP contribution in [-0.2, 0) is 6.42 Å². The summed E-state index contributed by atoms with van der Waals surface area (Å²) in [6.07, 6.45) is 1.72. The summed E-state index contributed by atoms with van der Waals surface area (Å²) in [5.74, 6) is -0.410. The van der Waals surface area contributed by atoms with E-state index in [0.717, 1.165) is 12.8 Å². The van der Waals surface area contributed by atoms with Crippen LogP contribution in [0.3, 0.4) is 0 Å². The Morgan fingerprint density at radius 1 is 1.43 bits per heavy atom. The minimum Gasteiger partial charge on any atom is -0.317 e. The molecule has 1 unspecified atom stereocenters. The Balaban J connectivity index is 1.80. The zero-order valence-corrected chi connectivity index (χ0v) is 12.6. The van der Waals surface area contributed by atoms with Gasteiger partial charge in [-0.1, -0.05) is 19.1 Å². The topological polar surface area (TPSA) is 32.3 Å². The van der Waals surface area contributed by atoms with Gasteiger partial charge in [-0.3, -0.25) is 0 Å². The third kappa shape index (κ3) is 2.65. The summed E-state index contributed by atoms with van der Waals surface area (Å²) in [5.41, 5.74) is 1.46. The lowest BCUT2D eigenvalue weighted by atomic mass is 9.98. The summed E-state index contributed by atoms with van der Waals surface area (Å²) >= 11 is 1.75. The lowest BCUT2D eigenvalue weighted by molar-refractivity contribution is 0.181. The molecule has 0 bridgehead atoms. The van der Waals surface area contributed by atoms with E-state index in [1.807, 2.05) is 4.90 Å². The van der Waals surface area contributed by atoms with Crippen molar-refractivity contribution in [3.63, 3.8) is 0 Å². The van der Waals surface area contributed by atoms with E-state index in [4.69, 9.17) is 0 Å². The van der Waals surface area contributed by atoms with Crippen LogP contribution in [0.25, 0.3) is 0 Å². The number of para-hydroxylation sites is 1. The van der Waals surface area contributed by atoms with Crippen LogP contribution < -0.4 is 5.32 Å². The highest BCUT2D eigenvalue weighted by Crippen LogP contribution is 2.35. The zero-order chi connectivity index (χ0) is 14.8. The van der Waals surface area contributed by atoms with Gasteiger partial charge in [-0.15, -0.1) is 11.3 Å². The van der Waals surface area contributed by atoms with E-state index in [0.29, 0.717) is 6.54 Å². The van der Waals surface area contributed by atoms with E-state index in [2.05, 4.69) is 23.7 Å². The second-order valence-electron chi connectivity index (χ2n) is 5.08. The Morgan fingerprint density at radius 2 is 2.24 bits per heavy atom. The first kappa shape index (κ1) is 14.1. The Morgan fingerprint density at radius 3 is 3.00 bits per heavy atom. The zero-order valence-electron chi connectivity index (χ0n) is 11.8. The minimum absolute atomic E-state index is 0.0757. The molecule has 110 valence electrons. The molecule has 0 saturated carbocycles. The molecule has 1 aromatic heterocycles. The second-order valence-corrected chi connectivity index (χ2v) is 6.08. The molecule has 21 heavy (non-hydrogen) atoms. The summed E-state index contributed by atoms with van der Waals surface area (Å²) in [6.45, 7) is 2.74. The van der Waals surface area contributed by atoms with Crippen molar-refractivity contribution >= 4 is 23.1 Å². The highest BCUT2D eigenvalue weighted by Gasteiger charge is 2.30. The van der Waals surface area contributed by atoms with Crippen molar-refractivity contribution in [1.29, 1.82) is 0 Å². The average molecular weight is 304 g/mol. The normalized spacial score (nSPS) is 17.4. The van der Waals surface area contributed by atoms with Crippen LogP contribution in [0.4, 0.5) is 14.9 Å². The number of nitrogens with one attached hydrogen (secondary N) is 1. The average Bonchev–Trinajstić information content (AvgIpc) is 2.97. The van der Waals surface area contributed by atoms with Crippen molar-refractivity contribution in [2.24, 2.45) is 0 Å². The van der Waals surface area contributed by atoms with Gasteiger partial charge in [0.25, 0.3) is 0 Å². The van der Waals surface area contributed by atoms with Crippen molar-refractivity contribution in [2.45, 2.75) is 25.8 Å². The van der Waals surface area contributed by atoms with Crippen molar-refractivity contribution in [3.8, 4) is 0 Å². The number of urea groups is 1. The van der Waals surface area contributed by atoms with Gasteiger partial charge in [0, 0.05) is 11.4 Å². The van der Waals surface area contributed by atoms with Crippen molar-refractivity contribution in [2.75, 3.05) is 11.9 Å². The highest BCUT2D eigenvalue weighted by molar-refractivity contribution is 7.10. The maximum absolute atomic E-state index is 13.7. The number of anilines is 1. The van der Waals surface area contributed by atoms with E-state index in [-0.39, 0.29) is 17.8 Å². The summed E-state index contributed by atoms with van der Waals surface area (Å²) < 4.78 is 13.7. The number of fused-ring (bicyclic) bond motifs is 1. The van der Waals surface area contributed by atoms with Crippen LogP contribution in [0.15, 0.2) is 35.7 Å². The predicted octanol–water partition coefficient (Wildman–Crippen LogP) is 4.43. The van der Waals surface area contributed by atoms with Gasteiger partial charge in [0.15, 0.2) is 0 Å². The molecule has 5 heteroatoms. The third-order valence-electron chi connectivity index (χ3n) is 3.86. The van der Waals surface area contributed by atoms with Crippen LogP contribution in [0, 0.1) is 5.82 Å². The molecule has 1 N–H and O–H groups in total. The molecule has 3 rings (SSSR count). The lowest BCUT2D eigenvalue weighted by Gasteiger charge is -2.35. The molecule has 0 fully saturated rings. The molecule has 0 aliphatic carbocycles. The largest absolute Gasteiger partial charge is 0.322 e. The first-order valence-corrected chi connectivity index (χ1v) is 7.97. The molecule has 1 aliphatic heterocycles. The first-order valence-electron chi connectivity index (χ1n) is 7.09. The van der Waals surface area contributed by atoms with Gasteiger partial charge in [0.2, 0.25) is 0 Å².